The zero-order valence-corrected chi connectivity index (χ0v) is 28.6. The van der Waals surface area contributed by atoms with E-state index in [1.807, 2.05) is 0 Å². The minimum atomic E-state index is -1.79. The summed E-state index contributed by atoms with van der Waals surface area (Å²) in [6.45, 7) is 7.65. The number of epoxide rings is 1. The van der Waals surface area contributed by atoms with Crippen molar-refractivity contribution in [3.05, 3.63) is 0 Å². The van der Waals surface area contributed by atoms with Gasteiger partial charge in [-0.3, -0.25) is 24.0 Å². The summed E-state index contributed by atoms with van der Waals surface area (Å²) >= 11 is 0. The number of ether oxygens (including phenoxy) is 9. The van der Waals surface area contributed by atoms with Gasteiger partial charge < -0.3 is 52.8 Å². The molecule has 0 aromatic rings. The first-order chi connectivity index (χ1) is 22.6. The van der Waals surface area contributed by atoms with E-state index in [0.29, 0.717) is 13.2 Å². The molecule has 0 saturated carbocycles. The summed E-state index contributed by atoms with van der Waals surface area (Å²) in [7, 11) is 2.09. The van der Waals surface area contributed by atoms with Crippen LogP contribution >= 0.6 is 0 Å². The molecule has 7 unspecified atom stereocenters. The lowest BCUT2D eigenvalue weighted by molar-refractivity contribution is -0.180. The van der Waals surface area contributed by atoms with Crippen molar-refractivity contribution in [3.8, 4) is 0 Å². The lowest BCUT2D eigenvalue weighted by Gasteiger charge is -2.28. The zero-order chi connectivity index (χ0) is 36.4. The van der Waals surface area contributed by atoms with Crippen LogP contribution < -0.4 is 0 Å². The molecule has 7 atom stereocenters. The Hall–Kier alpha value is -3.38. The van der Waals surface area contributed by atoms with E-state index in [1.54, 1.807) is 27.7 Å². The predicted octanol–water partition coefficient (Wildman–Crippen LogP) is -0.259. The van der Waals surface area contributed by atoms with Gasteiger partial charge in [-0.2, -0.15) is 0 Å². The second-order valence-electron chi connectivity index (χ2n) is 11.8. The van der Waals surface area contributed by atoms with Gasteiger partial charge in [0.1, 0.15) is 31.3 Å². The summed E-state index contributed by atoms with van der Waals surface area (Å²) in [5.41, 5.74) is 0. The molecule has 48 heavy (non-hydrogen) atoms. The third-order valence-corrected chi connectivity index (χ3v) is 6.71. The van der Waals surface area contributed by atoms with E-state index in [1.165, 1.54) is 6.92 Å². The van der Waals surface area contributed by atoms with Gasteiger partial charge in [0.05, 0.1) is 84.1 Å². The molecular weight excluding hydrogens is 644 g/mol. The van der Waals surface area contributed by atoms with Crippen molar-refractivity contribution in [1.29, 1.82) is 0 Å². The van der Waals surface area contributed by atoms with Crippen molar-refractivity contribution >= 4 is 35.8 Å². The summed E-state index contributed by atoms with van der Waals surface area (Å²) in [5.74, 6) is -11.8. The van der Waals surface area contributed by atoms with Gasteiger partial charge in [0.15, 0.2) is 0 Å². The van der Waals surface area contributed by atoms with Crippen LogP contribution in [0.1, 0.15) is 47.5 Å². The maximum atomic E-state index is 13.4. The Labute approximate surface area is 279 Å². The largest absolute Gasteiger partial charge is 0.469 e. The van der Waals surface area contributed by atoms with E-state index in [-0.39, 0.29) is 25.9 Å². The van der Waals surface area contributed by atoms with Crippen molar-refractivity contribution in [2.24, 2.45) is 23.7 Å². The molecule has 0 aromatic carbocycles. The Bertz CT molecular complexity index is 1040. The van der Waals surface area contributed by atoms with Crippen LogP contribution in [0.2, 0.25) is 0 Å². The van der Waals surface area contributed by atoms with Gasteiger partial charge >= 0.3 is 35.8 Å². The highest BCUT2D eigenvalue weighted by Gasteiger charge is 2.44. The smallest absolute Gasteiger partial charge is 0.348 e. The molecule has 0 amide bonds. The summed E-state index contributed by atoms with van der Waals surface area (Å²) in [5, 5.41) is 19.9. The number of aliphatic hydroxyl groups is 2. The van der Waals surface area contributed by atoms with E-state index in [2.05, 4.69) is 0 Å². The lowest BCUT2D eigenvalue weighted by atomic mass is 9.86. The maximum Gasteiger partial charge on any atom is 0.348 e. The van der Waals surface area contributed by atoms with Gasteiger partial charge in [-0.05, 0) is 26.7 Å². The molecule has 0 spiro atoms. The van der Waals surface area contributed by atoms with Crippen LogP contribution in [-0.2, 0) is 71.4 Å². The average Bonchev–Trinajstić information content (AvgIpc) is 3.85. The standard InChI is InChI=1S/C31H50O17/c1-17(2)26(30(38)40-6)27(31(39)41-7)48-25(35)11-23(28(36)45-12-19(5)32)22(10-24(34)47-18(3)4)29(37)46-14-20(33)13-42-8-9-43-15-21-16-44-21/h17-23,26-27,32-33H,8-16H2,1-7H3. The lowest BCUT2D eigenvalue weighted by Crippen LogP contribution is -2.44. The van der Waals surface area contributed by atoms with Crippen LogP contribution in [0.25, 0.3) is 0 Å². The number of hydrogen-bond donors (Lipinski definition) is 2. The minimum Gasteiger partial charge on any atom is -0.469 e. The second-order valence-corrected chi connectivity index (χ2v) is 11.8. The first-order valence-electron chi connectivity index (χ1n) is 15.6. The zero-order valence-electron chi connectivity index (χ0n) is 28.6. The predicted molar refractivity (Wildman–Crippen MR) is 161 cm³/mol. The monoisotopic (exact) mass is 694 g/mol. The van der Waals surface area contributed by atoms with Crippen LogP contribution in [-0.4, -0.2) is 137 Å². The Balaban J connectivity index is 3.19. The number of esters is 6. The van der Waals surface area contributed by atoms with E-state index >= 15 is 0 Å². The van der Waals surface area contributed by atoms with Gasteiger partial charge in [0.25, 0.3) is 0 Å². The molecule has 2 N–H and O–H groups in total. The van der Waals surface area contributed by atoms with Gasteiger partial charge in [0, 0.05) is 0 Å². The number of hydrogen-bond acceptors (Lipinski definition) is 17. The molecule has 0 aromatic heterocycles. The molecule has 1 aliphatic rings. The second kappa shape index (κ2) is 22.3. The fraction of sp³-hybridized carbons (Fsp3) is 0.806. The van der Waals surface area contributed by atoms with E-state index < -0.39 is 110 Å². The maximum absolute atomic E-state index is 13.4. The van der Waals surface area contributed by atoms with Gasteiger partial charge in [0.2, 0.25) is 6.10 Å². The van der Waals surface area contributed by atoms with Crippen LogP contribution in [0.5, 0.6) is 0 Å². The molecule has 0 bridgehead atoms. The van der Waals surface area contributed by atoms with Crippen LogP contribution in [0.15, 0.2) is 0 Å². The van der Waals surface area contributed by atoms with Crippen molar-refractivity contribution in [2.75, 3.05) is 60.5 Å². The number of carbonyl (C=O) groups excluding carboxylic acids is 6. The van der Waals surface area contributed by atoms with Crippen molar-refractivity contribution < 1.29 is 81.6 Å². The Morgan fingerprint density at radius 2 is 1.23 bits per heavy atom. The van der Waals surface area contributed by atoms with Crippen LogP contribution in [0, 0.1) is 23.7 Å². The molecule has 1 heterocycles. The van der Waals surface area contributed by atoms with Gasteiger partial charge in [-0.1, -0.05) is 13.8 Å². The first kappa shape index (κ1) is 42.6. The van der Waals surface area contributed by atoms with E-state index in [4.69, 9.17) is 42.6 Å². The number of aliphatic hydroxyl groups excluding tert-OH is 2. The summed E-state index contributed by atoms with van der Waals surface area (Å²) in [6, 6.07) is 0. The third-order valence-electron chi connectivity index (χ3n) is 6.71. The highest BCUT2D eigenvalue weighted by atomic mass is 16.6. The van der Waals surface area contributed by atoms with Gasteiger partial charge in [-0.15, -0.1) is 0 Å². The number of rotatable bonds is 24. The Morgan fingerprint density at radius 3 is 1.71 bits per heavy atom. The summed E-state index contributed by atoms with van der Waals surface area (Å²) in [4.78, 5) is 77.7. The van der Waals surface area contributed by atoms with Crippen molar-refractivity contribution in [2.45, 2.75) is 78.0 Å². The molecule has 0 radical (unpaired) electrons. The van der Waals surface area contributed by atoms with Crippen molar-refractivity contribution in [3.63, 3.8) is 0 Å². The average molecular weight is 695 g/mol. The topological polar surface area (TPSA) is 229 Å². The summed E-state index contributed by atoms with van der Waals surface area (Å²) in [6.07, 6.45) is -6.44. The molecule has 1 fully saturated rings. The fourth-order valence-corrected chi connectivity index (χ4v) is 4.26. The molecule has 1 aliphatic heterocycles. The van der Waals surface area contributed by atoms with E-state index in [9.17, 15) is 39.0 Å². The van der Waals surface area contributed by atoms with Crippen LogP contribution in [0.4, 0.5) is 0 Å². The highest BCUT2D eigenvalue weighted by molar-refractivity contribution is 5.90. The normalized spacial score (nSPS) is 17.7. The van der Waals surface area contributed by atoms with Crippen LogP contribution in [0.3, 0.4) is 0 Å². The Morgan fingerprint density at radius 1 is 0.708 bits per heavy atom. The first-order valence-corrected chi connectivity index (χ1v) is 15.6. The van der Waals surface area contributed by atoms with Gasteiger partial charge in [-0.25, -0.2) is 4.79 Å². The van der Waals surface area contributed by atoms with Crippen molar-refractivity contribution in [1.82, 2.24) is 0 Å². The molecule has 1 rings (SSSR count). The van der Waals surface area contributed by atoms with E-state index in [0.717, 1.165) is 14.2 Å². The highest BCUT2D eigenvalue weighted by Crippen LogP contribution is 2.27. The molecule has 0 aliphatic carbocycles. The third kappa shape index (κ3) is 16.6. The molecule has 17 nitrogen and oxygen atoms in total. The number of methoxy groups -OCH3 is 2. The molecule has 1 saturated heterocycles. The molecular formula is C31H50O17. The fourth-order valence-electron chi connectivity index (χ4n) is 4.26. The Kier molecular flexibility index (Phi) is 19.8. The quantitative estimate of drug-likeness (QED) is 0.0574. The minimum absolute atomic E-state index is 0.0851. The molecule has 276 valence electrons. The SMILES string of the molecule is COC(=O)C(OC(=O)CC(C(=O)OCC(C)O)C(CC(=O)OC(C)C)C(=O)OCC(O)COCCOCC1CO1)C(C(=O)OC)C(C)C. The molecule has 17 heteroatoms. The summed E-state index contributed by atoms with van der Waals surface area (Å²) < 4.78 is 45.9. The number of carbonyl (C=O) groups is 6.